The Labute approximate surface area is 136 Å². The van der Waals surface area contributed by atoms with E-state index in [4.69, 9.17) is 6.42 Å². The average molecular weight is 314 g/mol. The summed E-state index contributed by atoms with van der Waals surface area (Å²) in [6.07, 6.45) is 11.8. The highest BCUT2D eigenvalue weighted by Gasteiger charge is 2.32. The third-order valence-electron chi connectivity index (χ3n) is 4.55. The zero-order valence-electron chi connectivity index (χ0n) is 12.8. The number of amides is 1. The minimum absolute atomic E-state index is 0.0125. The van der Waals surface area contributed by atoms with Crippen LogP contribution in [0, 0.1) is 12.3 Å². The highest BCUT2D eigenvalue weighted by Crippen LogP contribution is 2.27. The Bertz CT molecular complexity index is 585. The first-order valence-electron chi connectivity index (χ1n) is 7.99. The molecule has 0 bridgehead atoms. The summed E-state index contributed by atoms with van der Waals surface area (Å²) in [5.74, 6) is 2.96. The van der Waals surface area contributed by atoms with Gasteiger partial charge in [0.1, 0.15) is 0 Å². The van der Waals surface area contributed by atoms with E-state index in [9.17, 15) is 4.79 Å². The Hall–Kier alpha value is -1.57. The van der Waals surface area contributed by atoms with E-state index in [1.54, 1.807) is 11.3 Å². The van der Waals surface area contributed by atoms with Crippen LogP contribution in [0.2, 0.25) is 0 Å². The van der Waals surface area contributed by atoms with Crippen LogP contribution in [-0.4, -0.2) is 47.9 Å². The van der Waals surface area contributed by atoms with Gasteiger partial charge in [-0.05, 0) is 42.8 Å². The summed E-state index contributed by atoms with van der Waals surface area (Å²) in [7, 11) is 0. The molecule has 1 atom stereocenters. The molecule has 22 heavy (non-hydrogen) atoms. The quantitative estimate of drug-likeness (QED) is 0.801. The largest absolute Gasteiger partial charge is 0.337 e. The van der Waals surface area contributed by atoms with Gasteiger partial charge in [-0.1, -0.05) is 24.5 Å². The molecule has 0 radical (unpaired) electrons. The van der Waals surface area contributed by atoms with Crippen molar-refractivity contribution in [2.24, 2.45) is 0 Å². The summed E-state index contributed by atoms with van der Waals surface area (Å²) < 4.78 is 0. The van der Waals surface area contributed by atoms with Crippen molar-refractivity contribution in [1.82, 2.24) is 9.80 Å². The molecule has 1 unspecified atom stereocenters. The van der Waals surface area contributed by atoms with Crippen LogP contribution in [0.1, 0.15) is 30.6 Å². The maximum atomic E-state index is 12.8. The van der Waals surface area contributed by atoms with Gasteiger partial charge in [0.2, 0.25) is 5.91 Å². The molecule has 3 rings (SSSR count). The molecule has 116 valence electrons. The molecular weight excluding hydrogens is 292 g/mol. The van der Waals surface area contributed by atoms with Crippen molar-refractivity contribution in [1.29, 1.82) is 0 Å². The number of nitrogens with zero attached hydrogens (tertiary/aromatic N) is 2. The molecule has 3 heterocycles. The SMILES string of the molecule is C#CCN1CCCCC1C(=O)N1CC=C(c2cccs2)CC1. The smallest absolute Gasteiger partial charge is 0.240 e. The van der Waals surface area contributed by atoms with Crippen LogP contribution in [0.25, 0.3) is 5.57 Å². The molecule has 1 aromatic rings. The lowest BCUT2D eigenvalue weighted by atomic mass is 9.99. The number of carbonyl (C=O) groups is 1. The summed E-state index contributed by atoms with van der Waals surface area (Å²) in [6.45, 7) is 3.08. The van der Waals surface area contributed by atoms with E-state index in [1.165, 1.54) is 10.5 Å². The van der Waals surface area contributed by atoms with E-state index < -0.39 is 0 Å². The summed E-state index contributed by atoms with van der Waals surface area (Å²) in [5, 5.41) is 2.10. The van der Waals surface area contributed by atoms with E-state index >= 15 is 0 Å². The second-order valence-corrected chi connectivity index (χ2v) is 6.87. The first kappa shape index (κ1) is 15.3. The Morgan fingerprint density at radius 3 is 3.00 bits per heavy atom. The molecule has 1 fully saturated rings. The first-order chi connectivity index (χ1) is 10.8. The van der Waals surface area contributed by atoms with Gasteiger partial charge >= 0.3 is 0 Å². The van der Waals surface area contributed by atoms with Crippen molar-refractivity contribution < 1.29 is 4.79 Å². The maximum Gasteiger partial charge on any atom is 0.240 e. The van der Waals surface area contributed by atoms with E-state index in [2.05, 4.69) is 34.4 Å². The predicted octanol–water partition coefficient (Wildman–Crippen LogP) is 2.85. The van der Waals surface area contributed by atoms with Crippen molar-refractivity contribution in [3.05, 3.63) is 28.5 Å². The molecule has 2 aliphatic heterocycles. The van der Waals surface area contributed by atoms with E-state index in [0.29, 0.717) is 6.54 Å². The fourth-order valence-corrected chi connectivity index (χ4v) is 4.14. The lowest BCUT2D eigenvalue weighted by molar-refractivity contribution is -0.137. The molecule has 0 N–H and O–H groups in total. The molecule has 0 spiro atoms. The number of hydrogen-bond donors (Lipinski definition) is 0. The van der Waals surface area contributed by atoms with E-state index in [1.807, 2.05) is 4.90 Å². The van der Waals surface area contributed by atoms with Gasteiger partial charge in [0, 0.05) is 18.0 Å². The number of rotatable bonds is 3. The third-order valence-corrected chi connectivity index (χ3v) is 5.50. The van der Waals surface area contributed by atoms with Gasteiger partial charge in [-0.15, -0.1) is 17.8 Å². The van der Waals surface area contributed by atoms with Crippen LogP contribution in [0.3, 0.4) is 0 Å². The van der Waals surface area contributed by atoms with Gasteiger partial charge in [-0.2, -0.15) is 0 Å². The van der Waals surface area contributed by atoms with Crippen molar-refractivity contribution >= 4 is 22.8 Å². The minimum atomic E-state index is -0.0125. The summed E-state index contributed by atoms with van der Waals surface area (Å²) in [5.41, 5.74) is 1.38. The highest BCUT2D eigenvalue weighted by atomic mass is 32.1. The zero-order valence-corrected chi connectivity index (χ0v) is 13.6. The fourth-order valence-electron chi connectivity index (χ4n) is 3.34. The normalized spacial score (nSPS) is 23.0. The van der Waals surface area contributed by atoms with Crippen LogP contribution in [0.5, 0.6) is 0 Å². The lowest BCUT2D eigenvalue weighted by Crippen LogP contribution is -2.51. The number of thiophene rings is 1. The van der Waals surface area contributed by atoms with Crippen LogP contribution in [0.15, 0.2) is 23.6 Å². The highest BCUT2D eigenvalue weighted by molar-refractivity contribution is 7.11. The minimum Gasteiger partial charge on any atom is -0.337 e. The van der Waals surface area contributed by atoms with Crippen LogP contribution in [-0.2, 0) is 4.79 Å². The molecule has 0 aliphatic carbocycles. The molecule has 1 amide bonds. The topological polar surface area (TPSA) is 23.6 Å². The van der Waals surface area contributed by atoms with Crippen molar-refractivity contribution in [3.63, 3.8) is 0 Å². The van der Waals surface area contributed by atoms with Gasteiger partial charge in [0.25, 0.3) is 0 Å². The number of carbonyl (C=O) groups excluding carboxylic acids is 1. The van der Waals surface area contributed by atoms with Crippen LogP contribution in [0.4, 0.5) is 0 Å². The monoisotopic (exact) mass is 314 g/mol. The van der Waals surface area contributed by atoms with Crippen molar-refractivity contribution in [3.8, 4) is 12.3 Å². The van der Waals surface area contributed by atoms with Gasteiger partial charge < -0.3 is 4.90 Å². The Balaban J connectivity index is 1.65. The number of piperidine rings is 1. The summed E-state index contributed by atoms with van der Waals surface area (Å²) >= 11 is 1.77. The van der Waals surface area contributed by atoms with Crippen molar-refractivity contribution in [2.45, 2.75) is 31.7 Å². The first-order valence-corrected chi connectivity index (χ1v) is 8.87. The number of hydrogen-bond acceptors (Lipinski definition) is 3. The number of terminal acetylenes is 1. The summed E-state index contributed by atoms with van der Waals surface area (Å²) in [6, 6.07) is 4.23. The lowest BCUT2D eigenvalue weighted by Gasteiger charge is -2.37. The second-order valence-electron chi connectivity index (χ2n) is 5.93. The molecule has 1 aromatic heterocycles. The maximum absolute atomic E-state index is 12.8. The molecule has 0 aromatic carbocycles. The Morgan fingerprint density at radius 2 is 2.32 bits per heavy atom. The fraction of sp³-hybridized carbons (Fsp3) is 0.500. The Kier molecular flexibility index (Phi) is 4.97. The van der Waals surface area contributed by atoms with Crippen LogP contribution < -0.4 is 0 Å². The molecule has 1 saturated heterocycles. The van der Waals surface area contributed by atoms with Gasteiger partial charge in [-0.3, -0.25) is 9.69 Å². The van der Waals surface area contributed by atoms with Crippen LogP contribution >= 0.6 is 11.3 Å². The summed E-state index contributed by atoms with van der Waals surface area (Å²) in [4.78, 5) is 18.3. The zero-order chi connectivity index (χ0) is 15.4. The van der Waals surface area contributed by atoms with Crippen molar-refractivity contribution in [2.75, 3.05) is 26.2 Å². The average Bonchev–Trinajstić information content (AvgIpc) is 3.10. The molecule has 3 nitrogen and oxygen atoms in total. The second kappa shape index (κ2) is 7.13. The van der Waals surface area contributed by atoms with Gasteiger partial charge in [-0.25, -0.2) is 0 Å². The van der Waals surface area contributed by atoms with E-state index in [-0.39, 0.29) is 11.9 Å². The molecule has 4 heteroatoms. The standard InChI is InChI=1S/C18H22N2OS/c1-2-10-19-11-4-3-6-16(19)18(21)20-12-8-15(9-13-20)17-7-5-14-22-17/h1,5,7-8,14,16H,3-4,6,9-13H2. The van der Waals surface area contributed by atoms with Gasteiger partial charge in [0.15, 0.2) is 0 Å². The Morgan fingerprint density at radius 1 is 1.41 bits per heavy atom. The predicted molar refractivity (Wildman–Crippen MR) is 91.5 cm³/mol. The van der Waals surface area contributed by atoms with E-state index in [0.717, 1.165) is 45.3 Å². The molecular formula is C18H22N2OS. The number of likely N-dealkylation sites (tertiary alicyclic amines) is 1. The molecule has 0 saturated carbocycles. The van der Waals surface area contributed by atoms with Gasteiger partial charge in [0.05, 0.1) is 12.6 Å². The molecule has 2 aliphatic rings. The third kappa shape index (κ3) is 3.26.